The van der Waals surface area contributed by atoms with Gasteiger partial charge in [0.1, 0.15) is 0 Å². The lowest BCUT2D eigenvalue weighted by molar-refractivity contribution is -0.126. The molecule has 2 amide bonds. The van der Waals surface area contributed by atoms with E-state index in [1.54, 1.807) is 29.0 Å². The van der Waals surface area contributed by atoms with Crippen molar-refractivity contribution in [1.82, 2.24) is 15.1 Å². The highest BCUT2D eigenvalue weighted by atomic mass is 16.5. The zero-order valence-electron chi connectivity index (χ0n) is 12.1. The quantitative estimate of drug-likeness (QED) is 0.852. The maximum Gasteiger partial charge on any atom is 0.227 e. The number of nitrogens with one attached hydrogen (secondary N) is 1. The van der Waals surface area contributed by atoms with E-state index >= 15 is 0 Å². The Bertz CT molecular complexity index is 536. The smallest absolute Gasteiger partial charge is 0.227 e. The van der Waals surface area contributed by atoms with Crippen molar-refractivity contribution in [3.8, 4) is 0 Å². The highest BCUT2D eigenvalue weighted by Crippen LogP contribution is 2.24. The molecule has 0 unspecified atom stereocenters. The van der Waals surface area contributed by atoms with E-state index in [2.05, 4.69) is 10.4 Å². The molecule has 2 aliphatic heterocycles. The average molecular weight is 292 g/mol. The molecule has 0 bridgehead atoms. The summed E-state index contributed by atoms with van der Waals surface area (Å²) < 4.78 is 7.12. The third-order valence-electron chi connectivity index (χ3n) is 4.03. The van der Waals surface area contributed by atoms with Crippen LogP contribution in [0.25, 0.3) is 0 Å². The van der Waals surface area contributed by atoms with E-state index < -0.39 is 0 Å². The molecule has 1 N–H and O–H groups in total. The molecule has 3 rings (SSSR count). The van der Waals surface area contributed by atoms with Gasteiger partial charge < -0.3 is 15.0 Å². The first kappa shape index (κ1) is 14.1. The van der Waals surface area contributed by atoms with Gasteiger partial charge in [-0.1, -0.05) is 0 Å². The van der Waals surface area contributed by atoms with Gasteiger partial charge in [-0.15, -0.1) is 0 Å². The number of hydrogen-bond donors (Lipinski definition) is 1. The van der Waals surface area contributed by atoms with Crippen molar-refractivity contribution in [2.75, 3.05) is 24.6 Å². The second kappa shape index (κ2) is 5.85. The topological polar surface area (TPSA) is 76.5 Å². The van der Waals surface area contributed by atoms with Crippen LogP contribution in [0, 0.1) is 5.92 Å². The summed E-state index contributed by atoms with van der Waals surface area (Å²) in [5.41, 5.74) is 0.747. The molecule has 0 spiro atoms. The number of nitrogens with zero attached hydrogens (tertiary/aromatic N) is 3. The molecule has 1 aromatic heterocycles. The maximum atomic E-state index is 12.2. The van der Waals surface area contributed by atoms with Gasteiger partial charge in [-0.3, -0.25) is 14.3 Å². The lowest BCUT2D eigenvalue weighted by Gasteiger charge is -2.15. The molecule has 3 heterocycles. The van der Waals surface area contributed by atoms with Crippen molar-refractivity contribution >= 4 is 17.5 Å². The van der Waals surface area contributed by atoms with Crippen molar-refractivity contribution in [2.24, 2.45) is 13.0 Å². The number of hydrogen-bond acceptors (Lipinski definition) is 4. The minimum atomic E-state index is -0.292. The summed E-state index contributed by atoms with van der Waals surface area (Å²) in [5, 5.41) is 6.96. The molecule has 0 saturated carbocycles. The first-order chi connectivity index (χ1) is 10.1. The van der Waals surface area contributed by atoms with Gasteiger partial charge >= 0.3 is 0 Å². The molecule has 0 aliphatic carbocycles. The summed E-state index contributed by atoms with van der Waals surface area (Å²) >= 11 is 0. The van der Waals surface area contributed by atoms with Crippen LogP contribution in [0.3, 0.4) is 0 Å². The van der Waals surface area contributed by atoms with E-state index in [-0.39, 0.29) is 30.3 Å². The normalized spacial score (nSPS) is 25.6. The van der Waals surface area contributed by atoms with Crippen LogP contribution in [0.15, 0.2) is 12.4 Å². The highest BCUT2D eigenvalue weighted by molar-refractivity contribution is 6.00. The minimum Gasteiger partial charge on any atom is -0.376 e. The Morgan fingerprint density at radius 2 is 2.43 bits per heavy atom. The largest absolute Gasteiger partial charge is 0.376 e. The van der Waals surface area contributed by atoms with Crippen molar-refractivity contribution in [3.63, 3.8) is 0 Å². The molecule has 2 aliphatic rings. The van der Waals surface area contributed by atoms with E-state index in [4.69, 9.17) is 4.74 Å². The molecular formula is C14H20N4O3. The molecule has 2 saturated heterocycles. The first-order valence-electron chi connectivity index (χ1n) is 7.32. The van der Waals surface area contributed by atoms with Gasteiger partial charge in [0, 0.05) is 39.4 Å². The van der Waals surface area contributed by atoms with Crippen molar-refractivity contribution in [3.05, 3.63) is 12.4 Å². The molecule has 7 nitrogen and oxygen atoms in total. The first-order valence-corrected chi connectivity index (χ1v) is 7.32. The van der Waals surface area contributed by atoms with Crippen molar-refractivity contribution < 1.29 is 14.3 Å². The minimum absolute atomic E-state index is 0.0275. The van der Waals surface area contributed by atoms with Gasteiger partial charge in [-0.2, -0.15) is 5.10 Å². The predicted octanol–water partition coefficient (Wildman–Crippen LogP) is 0.0682. The summed E-state index contributed by atoms with van der Waals surface area (Å²) in [7, 11) is 1.80. The van der Waals surface area contributed by atoms with Crippen LogP contribution in [0.4, 0.5) is 5.69 Å². The monoisotopic (exact) mass is 292 g/mol. The summed E-state index contributed by atoms with van der Waals surface area (Å²) in [6.45, 7) is 1.73. The van der Waals surface area contributed by atoms with Crippen LogP contribution in [-0.2, 0) is 21.4 Å². The van der Waals surface area contributed by atoms with Gasteiger partial charge in [0.25, 0.3) is 0 Å². The standard InChI is InChI=1S/C14H20N4O3/c1-17-9-11(6-16-17)18-8-10(5-13(18)19)14(20)15-7-12-3-2-4-21-12/h6,9-10,12H,2-5,7-8H2,1H3,(H,15,20)/t10-,12+/m1/s1. The van der Waals surface area contributed by atoms with Crippen LogP contribution in [0.1, 0.15) is 19.3 Å². The van der Waals surface area contributed by atoms with Gasteiger partial charge in [0.15, 0.2) is 0 Å². The van der Waals surface area contributed by atoms with E-state index in [9.17, 15) is 9.59 Å². The molecule has 0 aromatic carbocycles. The fraction of sp³-hybridized carbons (Fsp3) is 0.643. The second-order valence-corrected chi connectivity index (χ2v) is 5.66. The number of aryl methyl sites for hydroxylation is 1. The summed E-state index contributed by atoms with van der Waals surface area (Å²) in [4.78, 5) is 25.8. The molecule has 7 heteroatoms. The number of rotatable bonds is 4. The SMILES string of the molecule is Cn1cc(N2C[C@H](C(=O)NC[C@@H]3CCCO3)CC2=O)cn1. The maximum absolute atomic E-state index is 12.2. The van der Waals surface area contributed by atoms with E-state index in [0.29, 0.717) is 13.1 Å². The Morgan fingerprint density at radius 3 is 3.10 bits per heavy atom. The predicted molar refractivity (Wildman–Crippen MR) is 75.7 cm³/mol. The Balaban J connectivity index is 1.55. The number of anilines is 1. The van der Waals surface area contributed by atoms with Crippen molar-refractivity contribution in [2.45, 2.75) is 25.4 Å². The fourth-order valence-corrected chi connectivity index (χ4v) is 2.84. The number of carbonyl (C=O) groups excluding carboxylic acids is 2. The van der Waals surface area contributed by atoms with Crippen LogP contribution in [-0.4, -0.2) is 47.4 Å². The van der Waals surface area contributed by atoms with E-state index in [0.717, 1.165) is 25.1 Å². The summed E-state index contributed by atoms with van der Waals surface area (Å²) in [6, 6.07) is 0. The lowest BCUT2D eigenvalue weighted by atomic mass is 10.1. The summed E-state index contributed by atoms with van der Waals surface area (Å²) in [6.07, 6.45) is 5.85. The number of amides is 2. The Morgan fingerprint density at radius 1 is 1.57 bits per heavy atom. The zero-order chi connectivity index (χ0) is 14.8. The molecule has 2 atom stereocenters. The molecule has 0 radical (unpaired) electrons. The van der Waals surface area contributed by atoms with E-state index in [1.165, 1.54) is 0 Å². The second-order valence-electron chi connectivity index (χ2n) is 5.66. The van der Waals surface area contributed by atoms with Gasteiger partial charge in [-0.25, -0.2) is 0 Å². The fourth-order valence-electron chi connectivity index (χ4n) is 2.84. The van der Waals surface area contributed by atoms with Gasteiger partial charge in [0.2, 0.25) is 11.8 Å². The number of aromatic nitrogens is 2. The van der Waals surface area contributed by atoms with Gasteiger partial charge in [-0.05, 0) is 12.8 Å². The summed E-state index contributed by atoms with van der Waals surface area (Å²) in [5.74, 6) is -0.385. The third-order valence-corrected chi connectivity index (χ3v) is 4.03. The molecule has 114 valence electrons. The Hall–Kier alpha value is -1.89. The lowest BCUT2D eigenvalue weighted by Crippen LogP contribution is -2.37. The third kappa shape index (κ3) is 3.07. The van der Waals surface area contributed by atoms with Crippen LogP contribution >= 0.6 is 0 Å². The highest BCUT2D eigenvalue weighted by Gasteiger charge is 2.35. The Labute approximate surface area is 123 Å². The molecule has 21 heavy (non-hydrogen) atoms. The van der Waals surface area contributed by atoms with Crippen LogP contribution < -0.4 is 10.2 Å². The Kier molecular flexibility index (Phi) is 3.92. The zero-order valence-corrected chi connectivity index (χ0v) is 12.1. The molecule has 1 aromatic rings. The number of carbonyl (C=O) groups is 2. The number of ether oxygens (including phenoxy) is 1. The van der Waals surface area contributed by atoms with Crippen molar-refractivity contribution in [1.29, 1.82) is 0 Å². The van der Waals surface area contributed by atoms with Crippen LogP contribution in [0.2, 0.25) is 0 Å². The van der Waals surface area contributed by atoms with Gasteiger partial charge in [0.05, 0.1) is 23.9 Å². The van der Waals surface area contributed by atoms with Crippen LogP contribution in [0.5, 0.6) is 0 Å². The molecule has 2 fully saturated rings. The van der Waals surface area contributed by atoms with E-state index in [1.807, 2.05) is 0 Å². The average Bonchev–Trinajstić information content (AvgIpc) is 3.17. The molecular weight excluding hydrogens is 272 g/mol.